The smallest absolute Gasteiger partial charge is 0.325 e. The van der Waals surface area contributed by atoms with E-state index in [-0.39, 0.29) is 12.1 Å². The summed E-state index contributed by atoms with van der Waals surface area (Å²) in [6.07, 6.45) is 1.42. The molecule has 1 aromatic rings. The highest BCUT2D eigenvalue weighted by Crippen LogP contribution is 1.99. The molecule has 110 valence electrons. The molecule has 8 heteroatoms. The first-order chi connectivity index (χ1) is 9.35. The van der Waals surface area contributed by atoms with Gasteiger partial charge < -0.3 is 20.1 Å². The van der Waals surface area contributed by atoms with E-state index in [1.807, 2.05) is 0 Å². The molecule has 0 spiro atoms. The van der Waals surface area contributed by atoms with Crippen LogP contribution in [0.1, 0.15) is 11.3 Å². The van der Waals surface area contributed by atoms with Gasteiger partial charge in [0.1, 0.15) is 0 Å². The quantitative estimate of drug-likeness (QED) is 0.474. The van der Waals surface area contributed by atoms with Crippen LogP contribution in [0.4, 0.5) is 0 Å². The second-order valence-electron chi connectivity index (χ2n) is 4.34. The molecular formula is C12H17N3O5. The first-order valence-corrected chi connectivity index (χ1v) is 5.90. The summed E-state index contributed by atoms with van der Waals surface area (Å²) in [5.41, 5.74) is -0.678. The maximum absolute atomic E-state index is 11.7. The average molecular weight is 283 g/mol. The van der Waals surface area contributed by atoms with Gasteiger partial charge in [-0.2, -0.15) is 0 Å². The molecular weight excluding hydrogens is 266 g/mol. The van der Waals surface area contributed by atoms with Crippen LogP contribution in [-0.4, -0.2) is 57.3 Å². The number of aliphatic hydroxyl groups excluding tert-OH is 2. The van der Waals surface area contributed by atoms with Crippen molar-refractivity contribution in [2.75, 3.05) is 20.2 Å². The summed E-state index contributed by atoms with van der Waals surface area (Å²) in [7, 11) is 1.45. The Labute approximate surface area is 114 Å². The number of amides is 1. The Morgan fingerprint density at radius 1 is 1.40 bits per heavy atom. The van der Waals surface area contributed by atoms with Gasteiger partial charge in [-0.05, 0) is 13.0 Å². The van der Waals surface area contributed by atoms with Crippen molar-refractivity contribution in [3.05, 3.63) is 38.2 Å². The monoisotopic (exact) mass is 283 g/mol. The van der Waals surface area contributed by atoms with Gasteiger partial charge in [-0.25, -0.2) is 4.79 Å². The molecule has 0 saturated heterocycles. The van der Waals surface area contributed by atoms with Crippen LogP contribution >= 0.6 is 0 Å². The second kappa shape index (κ2) is 6.83. The van der Waals surface area contributed by atoms with E-state index >= 15 is 0 Å². The zero-order valence-corrected chi connectivity index (χ0v) is 11.2. The lowest BCUT2D eigenvalue weighted by Gasteiger charge is -2.17. The molecule has 1 amide bonds. The van der Waals surface area contributed by atoms with Crippen LogP contribution in [0.5, 0.6) is 0 Å². The number of aromatic nitrogens is 2. The van der Waals surface area contributed by atoms with E-state index in [1.165, 1.54) is 18.0 Å². The Morgan fingerprint density at radius 3 is 2.60 bits per heavy atom. The molecule has 0 aromatic carbocycles. The first-order valence-electron chi connectivity index (χ1n) is 5.90. The van der Waals surface area contributed by atoms with Gasteiger partial charge in [0.25, 0.3) is 5.56 Å². The molecule has 1 atom stereocenters. The Kier molecular flexibility index (Phi) is 5.42. The minimum atomic E-state index is -1.02. The van der Waals surface area contributed by atoms with Crippen molar-refractivity contribution in [2.45, 2.75) is 13.0 Å². The van der Waals surface area contributed by atoms with Gasteiger partial charge in [-0.15, -0.1) is 0 Å². The van der Waals surface area contributed by atoms with Crippen LogP contribution in [0.3, 0.4) is 0 Å². The maximum Gasteiger partial charge on any atom is 0.325 e. The van der Waals surface area contributed by atoms with Crippen molar-refractivity contribution < 1.29 is 15.0 Å². The predicted molar refractivity (Wildman–Crippen MR) is 72.2 cm³/mol. The number of hydrogen-bond donors (Lipinski definition) is 4. The second-order valence-corrected chi connectivity index (χ2v) is 4.34. The number of nitrogens with one attached hydrogen (secondary N) is 2. The number of nitrogens with zero attached hydrogens (tertiary/aromatic N) is 1. The van der Waals surface area contributed by atoms with E-state index in [1.54, 1.807) is 6.92 Å². The molecule has 0 bridgehead atoms. The third-order valence-corrected chi connectivity index (χ3v) is 2.64. The third-order valence-electron chi connectivity index (χ3n) is 2.64. The Hall–Kier alpha value is -2.19. The Balaban J connectivity index is 2.86. The molecule has 1 heterocycles. The number of likely N-dealkylation sites (N-methyl/N-ethyl adjacent to an activating group) is 1. The standard InChI is InChI=1S/C12H17N3O5/c1-7-9(11(19)14-12(20)13-7)3-4-10(18)15(2)5-8(17)6-16/h3-4,8,16-17H,5-6H2,1-2H3,(H2,13,14,19,20)/b4-3+. The summed E-state index contributed by atoms with van der Waals surface area (Å²) in [6.45, 7) is 1.07. The predicted octanol–water partition coefficient (Wildman–Crippen LogP) is -1.80. The fraction of sp³-hybridized carbons (Fsp3) is 0.417. The number of aliphatic hydroxyl groups is 2. The van der Waals surface area contributed by atoms with Gasteiger partial charge in [0.05, 0.1) is 18.3 Å². The van der Waals surface area contributed by atoms with Crippen molar-refractivity contribution in [2.24, 2.45) is 0 Å². The molecule has 1 unspecified atom stereocenters. The number of aromatic amines is 2. The van der Waals surface area contributed by atoms with E-state index in [9.17, 15) is 19.5 Å². The summed E-state index contributed by atoms with van der Waals surface area (Å²) in [5.74, 6) is -0.442. The van der Waals surface area contributed by atoms with Gasteiger partial charge in [-0.1, -0.05) is 0 Å². The van der Waals surface area contributed by atoms with Gasteiger partial charge >= 0.3 is 5.69 Å². The normalized spacial score (nSPS) is 12.6. The van der Waals surface area contributed by atoms with E-state index in [0.717, 1.165) is 6.08 Å². The van der Waals surface area contributed by atoms with Gasteiger partial charge in [0.2, 0.25) is 5.91 Å². The van der Waals surface area contributed by atoms with Crippen molar-refractivity contribution in [1.29, 1.82) is 0 Å². The minimum absolute atomic E-state index is 0.0271. The SMILES string of the molecule is Cc1[nH]c(=O)[nH]c(=O)c1/C=C/C(=O)N(C)CC(O)CO. The van der Waals surface area contributed by atoms with E-state index in [4.69, 9.17) is 5.11 Å². The molecule has 4 N–H and O–H groups in total. The molecule has 8 nitrogen and oxygen atoms in total. The van der Waals surface area contributed by atoms with E-state index in [0.29, 0.717) is 5.69 Å². The van der Waals surface area contributed by atoms with Crippen LogP contribution in [0, 0.1) is 6.92 Å². The van der Waals surface area contributed by atoms with Gasteiger partial charge in [-0.3, -0.25) is 14.6 Å². The average Bonchev–Trinajstić information content (AvgIpc) is 2.36. The van der Waals surface area contributed by atoms with Crippen LogP contribution in [0.2, 0.25) is 0 Å². The molecule has 1 aromatic heterocycles. The molecule has 0 aliphatic heterocycles. The van der Waals surface area contributed by atoms with Crippen molar-refractivity contribution >= 4 is 12.0 Å². The molecule has 0 aliphatic rings. The molecule has 20 heavy (non-hydrogen) atoms. The summed E-state index contributed by atoms with van der Waals surface area (Å²) in [6, 6.07) is 0. The van der Waals surface area contributed by atoms with E-state index in [2.05, 4.69) is 9.97 Å². The lowest BCUT2D eigenvalue weighted by molar-refractivity contribution is -0.126. The molecule has 1 rings (SSSR count). The van der Waals surface area contributed by atoms with Crippen molar-refractivity contribution in [3.63, 3.8) is 0 Å². The fourth-order valence-corrected chi connectivity index (χ4v) is 1.56. The minimum Gasteiger partial charge on any atom is -0.394 e. The van der Waals surface area contributed by atoms with Crippen LogP contribution in [-0.2, 0) is 4.79 Å². The van der Waals surface area contributed by atoms with Crippen LogP contribution in [0.15, 0.2) is 15.7 Å². The van der Waals surface area contributed by atoms with Crippen LogP contribution in [0.25, 0.3) is 6.08 Å². The Bertz CT molecular complexity index is 616. The zero-order chi connectivity index (χ0) is 15.3. The fourth-order valence-electron chi connectivity index (χ4n) is 1.56. The van der Waals surface area contributed by atoms with E-state index < -0.39 is 29.9 Å². The number of aryl methyl sites for hydroxylation is 1. The van der Waals surface area contributed by atoms with Gasteiger partial charge in [0, 0.05) is 25.4 Å². The molecule has 0 fully saturated rings. The van der Waals surface area contributed by atoms with Gasteiger partial charge in [0.15, 0.2) is 0 Å². The largest absolute Gasteiger partial charge is 0.394 e. The number of rotatable bonds is 5. The summed E-state index contributed by atoms with van der Waals surface area (Å²) >= 11 is 0. The number of hydrogen-bond acceptors (Lipinski definition) is 5. The lowest BCUT2D eigenvalue weighted by Crippen LogP contribution is -2.35. The summed E-state index contributed by atoms with van der Waals surface area (Å²) < 4.78 is 0. The maximum atomic E-state index is 11.7. The number of carbonyl (C=O) groups excluding carboxylic acids is 1. The third kappa shape index (κ3) is 4.18. The van der Waals surface area contributed by atoms with Crippen molar-refractivity contribution in [1.82, 2.24) is 14.9 Å². The summed E-state index contributed by atoms with van der Waals surface area (Å²) in [4.78, 5) is 39.9. The summed E-state index contributed by atoms with van der Waals surface area (Å²) in [5, 5.41) is 17.9. The lowest BCUT2D eigenvalue weighted by atomic mass is 10.2. The topological polar surface area (TPSA) is 126 Å². The molecule has 0 aliphatic carbocycles. The zero-order valence-electron chi connectivity index (χ0n) is 11.2. The highest BCUT2D eigenvalue weighted by atomic mass is 16.3. The first kappa shape index (κ1) is 15.9. The molecule has 0 radical (unpaired) electrons. The Morgan fingerprint density at radius 2 is 2.05 bits per heavy atom. The van der Waals surface area contributed by atoms with Crippen molar-refractivity contribution in [3.8, 4) is 0 Å². The highest BCUT2D eigenvalue weighted by Gasteiger charge is 2.11. The number of H-pyrrole nitrogens is 2. The van der Waals surface area contributed by atoms with Crippen LogP contribution < -0.4 is 11.2 Å². The highest BCUT2D eigenvalue weighted by molar-refractivity contribution is 5.91. The molecule has 0 saturated carbocycles. The number of carbonyl (C=O) groups is 1.